The van der Waals surface area contributed by atoms with Crippen LogP contribution in [0, 0.1) is 11.8 Å². The van der Waals surface area contributed by atoms with Gasteiger partial charge in [-0.05, 0) is 74.3 Å². The van der Waals surface area contributed by atoms with E-state index >= 15 is 0 Å². The molecule has 1 aliphatic heterocycles. The van der Waals surface area contributed by atoms with Gasteiger partial charge >= 0.3 is 24.4 Å². The quantitative estimate of drug-likeness (QED) is 0.235. The van der Waals surface area contributed by atoms with Crippen LogP contribution < -0.4 is 4.90 Å². The van der Waals surface area contributed by atoms with Gasteiger partial charge in [0.25, 0.3) is 0 Å². The van der Waals surface area contributed by atoms with Crippen molar-refractivity contribution < 1.29 is 45.8 Å². The van der Waals surface area contributed by atoms with Crippen molar-refractivity contribution in [1.29, 1.82) is 0 Å². The molecule has 2 aromatic heterocycles. The predicted octanol–water partition coefficient (Wildman–Crippen LogP) is 7.41. The van der Waals surface area contributed by atoms with Crippen molar-refractivity contribution in [3.63, 3.8) is 0 Å². The predicted molar refractivity (Wildman–Crippen MR) is 163 cm³/mol. The zero-order valence-electron chi connectivity index (χ0n) is 26.5. The van der Waals surface area contributed by atoms with Crippen molar-refractivity contribution in [2.24, 2.45) is 18.9 Å². The number of aryl methyl sites for hydroxylation is 1. The molecule has 1 aliphatic carbocycles. The summed E-state index contributed by atoms with van der Waals surface area (Å²) in [7, 11) is 1.84. The highest BCUT2D eigenvalue weighted by Gasteiger charge is 2.41. The maximum atomic E-state index is 13.7. The van der Waals surface area contributed by atoms with Crippen molar-refractivity contribution in [3.8, 4) is 11.1 Å². The molecule has 15 heteroatoms. The number of carboxylic acids is 1. The molecular weight excluding hydrogens is 644 g/mol. The SMILES string of the molecule is CC[C@@H]1C[C@H](N(Cc2cc(C(F)(F)F)cc(C(F)(F)F)c2)c2ncc(-c3ccn(C)c3)cn2)CN1C(=O)OCC1CCC(C(=O)O)CC1. The van der Waals surface area contributed by atoms with Crippen molar-refractivity contribution in [1.82, 2.24) is 19.4 Å². The average molecular weight is 682 g/mol. The summed E-state index contributed by atoms with van der Waals surface area (Å²) in [6.07, 6.45) is -0.728. The van der Waals surface area contributed by atoms with E-state index in [0.29, 0.717) is 56.2 Å². The lowest BCUT2D eigenvalue weighted by molar-refractivity contribution is -0.144. The van der Waals surface area contributed by atoms with E-state index < -0.39 is 47.5 Å². The fourth-order valence-corrected chi connectivity index (χ4v) is 6.54. The molecule has 2 atom stereocenters. The molecule has 1 aromatic carbocycles. The van der Waals surface area contributed by atoms with Gasteiger partial charge in [0.2, 0.25) is 5.95 Å². The first-order valence-electron chi connectivity index (χ1n) is 15.8. The van der Waals surface area contributed by atoms with Crippen LogP contribution in [0.4, 0.5) is 37.1 Å². The lowest BCUT2D eigenvalue weighted by Crippen LogP contribution is -2.41. The second kappa shape index (κ2) is 14.0. The van der Waals surface area contributed by atoms with E-state index in [1.54, 1.807) is 4.90 Å². The topological polar surface area (TPSA) is 101 Å². The summed E-state index contributed by atoms with van der Waals surface area (Å²) >= 11 is 0. The smallest absolute Gasteiger partial charge is 0.416 e. The minimum atomic E-state index is -5.01. The highest BCUT2D eigenvalue weighted by Crippen LogP contribution is 2.38. The number of carbonyl (C=O) groups excluding carboxylic acids is 1. The number of alkyl halides is 6. The number of halogens is 6. The Bertz CT molecular complexity index is 1550. The summed E-state index contributed by atoms with van der Waals surface area (Å²) in [6, 6.07) is 2.45. The van der Waals surface area contributed by atoms with Gasteiger partial charge in [-0.2, -0.15) is 26.3 Å². The average Bonchev–Trinajstić information content (AvgIpc) is 3.68. The Labute approximate surface area is 273 Å². The first kappa shape index (κ1) is 35.0. The zero-order chi connectivity index (χ0) is 34.8. The summed E-state index contributed by atoms with van der Waals surface area (Å²) < 4.78 is 89.8. The molecule has 0 bridgehead atoms. The molecule has 0 radical (unpaired) electrons. The van der Waals surface area contributed by atoms with E-state index in [1.165, 1.54) is 17.3 Å². The van der Waals surface area contributed by atoms with Crippen LogP contribution in [0.2, 0.25) is 0 Å². The molecule has 3 aromatic rings. The van der Waals surface area contributed by atoms with E-state index in [9.17, 15) is 41.0 Å². The van der Waals surface area contributed by atoms with Gasteiger partial charge in [0.05, 0.1) is 29.7 Å². The van der Waals surface area contributed by atoms with Gasteiger partial charge in [-0.1, -0.05) is 6.92 Å². The van der Waals surface area contributed by atoms with E-state index in [-0.39, 0.29) is 49.2 Å². The molecule has 260 valence electrons. The molecular formula is C33H37F6N5O4. The van der Waals surface area contributed by atoms with Crippen LogP contribution in [0.1, 0.15) is 62.1 Å². The van der Waals surface area contributed by atoms with Gasteiger partial charge in [0, 0.05) is 62.1 Å². The van der Waals surface area contributed by atoms with E-state index in [0.717, 1.165) is 5.56 Å². The molecule has 5 rings (SSSR count). The molecule has 2 fully saturated rings. The minimum absolute atomic E-state index is 0.0276. The third-order valence-corrected chi connectivity index (χ3v) is 9.24. The maximum absolute atomic E-state index is 13.7. The molecule has 48 heavy (non-hydrogen) atoms. The first-order chi connectivity index (χ1) is 22.6. The molecule has 1 saturated heterocycles. The Morgan fingerprint density at radius 3 is 2.12 bits per heavy atom. The van der Waals surface area contributed by atoms with Gasteiger partial charge in [-0.15, -0.1) is 0 Å². The Hall–Kier alpha value is -4.30. The number of likely N-dealkylation sites (tertiary alicyclic amines) is 1. The van der Waals surface area contributed by atoms with Crippen LogP contribution in [0.15, 0.2) is 49.1 Å². The zero-order valence-corrected chi connectivity index (χ0v) is 26.5. The Morgan fingerprint density at radius 1 is 0.979 bits per heavy atom. The number of aliphatic carboxylic acids is 1. The van der Waals surface area contributed by atoms with Crippen LogP contribution >= 0.6 is 0 Å². The van der Waals surface area contributed by atoms with Crippen LogP contribution in [0.3, 0.4) is 0 Å². The summed E-state index contributed by atoms with van der Waals surface area (Å²) in [5.74, 6) is -1.12. The normalized spacial score (nSPS) is 21.7. The number of ether oxygens (including phenoxy) is 1. The van der Waals surface area contributed by atoms with Crippen LogP contribution in [-0.2, 0) is 35.5 Å². The van der Waals surface area contributed by atoms with Crippen molar-refractivity contribution in [3.05, 3.63) is 65.7 Å². The summed E-state index contributed by atoms with van der Waals surface area (Å²) in [5.41, 5.74) is -1.60. The molecule has 0 unspecified atom stereocenters. The number of hydrogen-bond donors (Lipinski definition) is 1. The van der Waals surface area contributed by atoms with Gasteiger partial charge in [0.15, 0.2) is 0 Å². The van der Waals surface area contributed by atoms with Crippen molar-refractivity contribution in [2.45, 2.75) is 76.4 Å². The third-order valence-electron chi connectivity index (χ3n) is 9.24. The van der Waals surface area contributed by atoms with Crippen LogP contribution in [0.5, 0.6) is 0 Å². The number of aromatic nitrogens is 3. The van der Waals surface area contributed by atoms with Gasteiger partial charge in [-0.25, -0.2) is 14.8 Å². The van der Waals surface area contributed by atoms with E-state index in [2.05, 4.69) is 9.97 Å². The minimum Gasteiger partial charge on any atom is -0.481 e. The maximum Gasteiger partial charge on any atom is 0.416 e. The Balaban J connectivity index is 1.40. The number of amides is 1. The lowest BCUT2D eigenvalue weighted by atomic mass is 9.82. The number of anilines is 1. The number of hydrogen-bond acceptors (Lipinski definition) is 6. The number of carboxylic acid groups (broad SMARTS) is 1. The van der Waals surface area contributed by atoms with E-state index in [1.807, 2.05) is 37.0 Å². The fraction of sp³-hybridized carbons (Fsp3) is 0.515. The van der Waals surface area contributed by atoms with Gasteiger partial charge in [0.1, 0.15) is 0 Å². The van der Waals surface area contributed by atoms with E-state index in [4.69, 9.17) is 4.74 Å². The fourth-order valence-electron chi connectivity index (χ4n) is 6.54. The Kier molecular flexibility index (Phi) is 10.2. The van der Waals surface area contributed by atoms with Crippen molar-refractivity contribution >= 4 is 18.0 Å². The second-order valence-electron chi connectivity index (χ2n) is 12.6. The Morgan fingerprint density at radius 2 is 1.60 bits per heavy atom. The van der Waals surface area contributed by atoms with Crippen molar-refractivity contribution in [2.75, 3.05) is 18.1 Å². The van der Waals surface area contributed by atoms with Crippen LogP contribution in [-0.4, -0.2) is 61.8 Å². The number of carbonyl (C=O) groups is 2. The number of nitrogens with zero attached hydrogens (tertiary/aromatic N) is 5. The van der Waals surface area contributed by atoms with Crippen LogP contribution in [0.25, 0.3) is 11.1 Å². The summed E-state index contributed by atoms with van der Waals surface area (Å²) in [6.45, 7) is 1.70. The standard InChI is InChI=1S/C33H37F6N5O4/c1-3-27-13-28(18-44(27)31(47)48-19-20-4-6-22(7-5-20)29(45)46)43(30-40-14-24(15-41-30)23-8-9-42(2)17-23)16-21-10-25(32(34,35)36)12-26(11-21)33(37,38)39/h8-12,14-15,17,20,22,27-28H,3-7,13,16,18-19H2,1-2H3,(H,45,46)/t20?,22?,27-,28+/m1/s1. The summed E-state index contributed by atoms with van der Waals surface area (Å²) in [4.78, 5) is 36.6. The number of rotatable bonds is 9. The highest BCUT2D eigenvalue weighted by molar-refractivity contribution is 5.70. The molecule has 3 heterocycles. The molecule has 9 nitrogen and oxygen atoms in total. The first-order valence-corrected chi connectivity index (χ1v) is 15.8. The molecule has 2 aliphatic rings. The molecule has 1 N–H and O–H groups in total. The number of benzene rings is 1. The van der Waals surface area contributed by atoms with Gasteiger partial charge < -0.3 is 24.2 Å². The molecule has 1 amide bonds. The largest absolute Gasteiger partial charge is 0.481 e. The molecule has 1 saturated carbocycles. The highest BCUT2D eigenvalue weighted by atomic mass is 19.4. The van der Waals surface area contributed by atoms with Gasteiger partial charge in [-0.3, -0.25) is 4.79 Å². The lowest BCUT2D eigenvalue weighted by Gasteiger charge is -2.30. The monoisotopic (exact) mass is 681 g/mol. The second-order valence-corrected chi connectivity index (χ2v) is 12.6. The molecule has 0 spiro atoms. The third kappa shape index (κ3) is 8.21. The summed E-state index contributed by atoms with van der Waals surface area (Å²) in [5, 5.41) is 9.25.